The maximum absolute atomic E-state index is 12.6. The second-order valence-electron chi connectivity index (χ2n) is 4.15. The van der Waals surface area contributed by atoms with Crippen LogP contribution in [0.5, 0.6) is 0 Å². The summed E-state index contributed by atoms with van der Waals surface area (Å²) in [6, 6.07) is 8.84. The Kier molecular flexibility index (Phi) is 7.88. The van der Waals surface area contributed by atoms with Gasteiger partial charge in [-0.15, -0.1) is 17.9 Å². The summed E-state index contributed by atoms with van der Waals surface area (Å²) >= 11 is 0. The van der Waals surface area contributed by atoms with E-state index in [1.165, 1.54) is 12.2 Å². The van der Waals surface area contributed by atoms with Gasteiger partial charge in [0, 0.05) is 0 Å². The summed E-state index contributed by atoms with van der Waals surface area (Å²) < 4.78 is 27.5. The number of hydrogen-bond acceptors (Lipinski definition) is 5. The maximum Gasteiger partial charge on any atom is 0.484 e. The summed E-state index contributed by atoms with van der Waals surface area (Å²) in [6.45, 7) is 6.40. The Labute approximate surface area is 134 Å². The molecule has 0 aliphatic rings. The van der Waals surface area contributed by atoms with Crippen molar-refractivity contribution in [1.82, 2.24) is 0 Å². The highest BCUT2D eigenvalue weighted by Crippen LogP contribution is 2.49. The van der Waals surface area contributed by atoms with Gasteiger partial charge in [-0.05, 0) is 5.56 Å². The summed E-state index contributed by atoms with van der Waals surface area (Å²) in [4.78, 5) is 14.8. The first-order valence-corrected chi connectivity index (χ1v) is 8.16. The minimum absolute atomic E-state index is 0.0817. The topological polar surface area (TPSA) is 98.2 Å². The zero-order valence-electron chi connectivity index (χ0n) is 12.5. The lowest BCUT2D eigenvalue weighted by molar-refractivity contribution is -0.140. The molecule has 0 saturated carbocycles. The predicted molar refractivity (Wildman–Crippen MR) is 84.8 cm³/mol. The highest BCUT2D eigenvalue weighted by atomic mass is 31.2. The monoisotopic (exact) mass is 336 g/mol. The molecule has 0 unspecified atom stereocenters. The third kappa shape index (κ3) is 5.77. The Balaban J connectivity index is 2.86. The highest BCUT2D eigenvalue weighted by molar-refractivity contribution is 7.74. The van der Waals surface area contributed by atoms with Crippen LogP contribution in [0.2, 0.25) is 0 Å². The number of rotatable bonds is 10. The van der Waals surface area contributed by atoms with Gasteiger partial charge in [-0.25, -0.2) is 9.36 Å². The first-order chi connectivity index (χ1) is 11.1. The van der Waals surface area contributed by atoms with Crippen molar-refractivity contribution >= 4 is 19.0 Å². The number of benzene rings is 1. The summed E-state index contributed by atoms with van der Waals surface area (Å²) in [5.74, 6) is -1.10. The second-order valence-corrected chi connectivity index (χ2v) is 6.09. The van der Waals surface area contributed by atoms with Crippen molar-refractivity contribution in [2.75, 3.05) is 13.2 Å². The van der Waals surface area contributed by atoms with E-state index in [1.807, 2.05) is 6.07 Å². The van der Waals surface area contributed by atoms with E-state index in [1.54, 1.807) is 24.3 Å². The van der Waals surface area contributed by atoms with Crippen LogP contribution in [0, 0.1) is 0 Å². The molecule has 1 aromatic carbocycles. The van der Waals surface area contributed by atoms with Crippen LogP contribution in [-0.2, 0) is 29.8 Å². The van der Waals surface area contributed by atoms with Gasteiger partial charge < -0.3 is 10.3 Å². The average molecular weight is 336 g/mol. The summed E-state index contributed by atoms with van der Waals surface area (Å²) in [5, 5.41) is 0. The Hall–Kier alpha value is -2.30. The van der Waals surface area contributed by atoms with Crippen LogP contribution in [0.3, 0.4) is 0 Å². The standard InChI is InChI=1S/C15H17N2O5P/c1-3-10-21-23(19,22-11-4-2)14(17-16)15(18)20-12-13-8-6-5-7-9-13/h3-9H,1-2,10-12H2. The van der Waals surface area contributed by atoms with Gasteiger partial charge in [0.1, 0.15) is 6.61 Å². The van der Waals surface area contributed by atoms with Crippen LogP contribution in [0.1, 0.15) is 5.56 Å². The van der Waals surface area contributed by atoms with Crippen LogP contribution >= 0.6 is 7.60 Å². The Morgan fingerprint density at radius 1 is 1.17 bits per heavy atom. The number of carbonyl (C=O) groups is 1. The molecule has 0 spiro atoms. The average Bonchev–Trinajstić information content (AvgIpc) is 2.58. The molecule has 23 heavy (non-hydrogen) atoms. The SMILES string of the molecule is C=CCOP(=O)(OCC=C)C(=[N+]=[N-])C(=O)OCc1ccccc1. The lowest BCUT2D eigenvalue weighted by Gasteiger charge is -2.12. The number of ether oxygens (including phenoxy) is 1. The number of nitrogens with zero attached hydrogens (tertiary/aromatic N) is 2. The van der Waals surface area contributed by atoms with Crippen molar-refractivity contribution in [3.63, 3.8) is 0 Å². The first kappa shape index (κ1) is 18.7. The van der Waals surface area contributed by atoms with Crippen LogP contribution < -0.4 is 0 Å². The number of hydrogen-bond donors (Lipinski definition) is 0. The normalized spacial score (nSPS) is 10.4. The quantitative estimate of drug-likeness (QED) is 0.163. The highest BCUT2D eigenvalue weighted by Gasteiger charge is 2.47. The predicted octanol–water partition coefficient (Wildman–Crippen LogP) is 2.96. The van der Waals surface area contributed by atoms with Crippen molar-refractivity contribution in [2.24, 2.45) is 0 Å². The van der Waals surface area contributed by atoms with Crippen LogP contribution in [-0.4, -0.2) is 29.4 Å². The van der Waals surface area contributed by atoms with Gasteiger partial charge in [-0.3, -0.25) is 9.05 Å². The Morgan fingerprint density at radius 3 is 2.22 bits per heavy atom. The minimum Gasteiger partial charge on any atom is -0.452 e. The van der Waals surface area contributed by atoms with Crippen molar-refractivity contribution in [2.45, 2.75) is 6.61 Å². The van der Waals surface area contributed by atoms with Gasteiger partial charge >= 0.3 is 19.0 Å². The van der Waals surface area contributed by atoms with Gasteiger partial charge in [0.25, 0.3) is 0 Å². The molecule has 0 aliphatic carbocycles. The Morgan fingerprint density at radius 2 is 1.74 bits per heavy atom. The smallest absolute Gasteiger partial charge is 0.452 e. The molecule has 122 valence electrons. The van der Waals surface area contributed by atoms with Crippen molar-refractivity contribution in [3.8, 4) is 0 Å². The van der Waals surface area contributed by atoms with E-state index < -0.39 is 19.0 Å². The molecule has 1 aromatic rings. The van der Waals surface area contributed by atoms with E-state index in [9.17, 15) is 9.36 Å². The number of esters is 1. The molecule has 7 nitrogen and oxygen atoms in total. The molecule has 1 rings (SSSR count). The summed E-state index contributed by atoms with van der Waals surface area (Å²) in [7, 11) is -4.16. The van der Waals surface area contributed by atoms with E-state index in [-0.39, 0.29) is 19.8 Å². The molecule has 0 radical (unpaired) electrons. The zero-order chi connectivity index (χ0) is 17.1. The van der Waals surface area contributed by atoms with Gasteiger partial charge in [0.2, 0.25) is 0 Å². The summed E-state index contributed by atoms with van der Waals surface area (Å²) in [5.41, 5.74) is 8.91. The molecule has 0 bridgehead atoms. The molecular formula is C15H17N2O5P. The Bertz CT molecular complexity index is 637. The fraction of sp³-hybridized carbons (Fsp3) is 0.200. The van der Waals surface area contributed by atoms with E-state index in [4.69, 9.17) is 19.3 Å². The van der Waals surface area contributed by atoms with Gasteiger partial charge in [0.15, 0.2) is 0 Å². The van der Waals surface area contributed by atoms with Crippen LogP contribution in [0.25, 0.3) is 5.53 Å². The summed E-state index contributed by atoms with van der Waals surface area (Å²) in [6.07, 6.45) is 2.63. The van der Waals surface area contributed by atoms with E-state index in [2.05, 4.69) is 17.9 Å². The van der Waals surface area contributed by atoms with Crippen molar-refractivity contribution in [3.05, 3.63) is 66.7 Å². The second kappa shape index (κ2) is 9.66. The van der Waals surface area contributed by atoms with Gasteiger partial charge in [0.05, 0.1) is 13.2 Å². The molecule has 0 aliphatic heterocycles. The lowest BCUT2D eigenvalue weighted by Crippen LogP contribution is -2.21. The molecule has 8 heteroatoms. The van der Waals surface area contributed by atoms with Gasteiger partial charge in [-0.2, -0.15) is 0 Å². The molecule has 0 saturated heterocycles. The zero-order valence-corrected chi connectivity index (χ0v) is 13.4. The van der Waals surface area contributed by atoms with E-state index >= 15 is 0 Å². The fourth-order valence-electron chi connectivity index (χ4n) is 1.46. The molecule has 0 amide bonds. The first-order valence-electron chi connectivity index (χ1n) is 6.62. The molecule has 0 heterocycles. The molecule has 0 aromatic heterocycles. The molecular weight excluding hydrogens is 319 g/mol. The third-order valence-corrected chi connectivity index (χ3v) is 4.24. The molecule has 0 N–H and O–H groups in total. The third-order valence-electron chi connectivity index (χ3n) is 2.47. The molecule has 0 fully saturated rings. The maximum atomic E-state index is 12.6. The fourth-order valence-corrected chi connectivity index (χ4v) is 2.78. The van der Waals surface area contributed by atoms with E-state index in [0.717, 1.165) is 0 Å². The van der Waals surface area contributed by atoms with Crippen LogP contribution in [0.4, 0.5) is 0 Å². The van der Waals surface area contributed by atoms with E-state index in [0.29, 0.717) is 5.56 Å². The van der Waals surface area contributed by atoms with Crippen molar-refractivity contribution in [1.29, 1.82) is 0 Å². The van der Waals surface area contributed by atoms with Gasteiger partial charge in [-0.1, -0.05) is 42.5 Å². The van der Waals surface area contributed by atoms with Crippen molar-refractivity contribution < 1.29 is 27.9 Å². The molecule has 0 atom stereocenters. The van der Waals surface area contributed by atoms with Crippen LogP contribution in [0.15, 0.2) is 55.6 Å². The largest absolute Gasteiger partial charge is 0.484 e. The lowest BCUT2D eigenvalue weighted by atomic mass is 10.2. The minimum atomic E-state index is -4.16. The number of carbonyl (C=O) groups excluding carboxylic acids is 1.